The van der Waals surface area contributed by atoms with Crippen LogP contribution in [0, 0.1) is 0 Å². The van der Waals surface area contributed by atoms with Crippen molar-refractivity contribution in [2.24, 2.45) is 5.73 Å². The Morgan fingerprint density at radius 2 is 1.94 bits per heavy atom. The molecular formula is C15H25NO. The number of methoxy groups -OCH3 is 1. The first-order valence-corrected chi connectivity index (χ1v) is 6.27. The van der Waals surface area contributed by atoms with Crippen LogP contribution in [0.5, 0.6) is 5.75 Å². The fraction of sp³-hybridized carbons (Fsp3) is 0.600. The summed E-state index contributed by atoms with van der Waals surface area (Å²) in [7, 11) is 1.72. The zero-order chi connectivity index (χ0) is 13.1. The van der Waals surface area contributed by atoms with Crippen molar-refractivity contribution in [3.8, 4) is 5.75 Å². The summed E-state index contributed by atoms with van der Waals surface area (Å²) in [4.78, 5) is 0. The monoisotopic (exact) mass is 235 g/mol. The minimum atomic E-state index is 0.176. The van der Waals surface area contributed by atoms with E-state index in [1.807, 2.05) is 6.92 Å². The molecule has 0 amide bonds. The van der Waals surface area contributed by atoms with E-state index in [2.05, 4.69) is 39.0 Å². The highest BCUT2D eigenvalue weighted by Gasteiger charge is 2.15. The molecular weight excluding hydrogens is 210 g/mol. The lowest BCUT2D eigenvalue weighted by atomic mass is 9.85. The van der Waals surface area contributed by atoms with Gasteiger partial charge in [0.15, 0.2) is 0 Å². The quantitative estimate of drug-likeness (QED) is 0.869. The number of hydrogen-bond acceptors (Lipinski definition) is 2. The van der Waals surface area contributed by atoms with Gasteiger partial charge in [0, 0.05) is 6.04 Å². The highest BCUT2D eigenvalue weighted by Crippen LogP contribution is 2.28. The van der Waals surface area contributed by atoms with Gasteiger partial charge in [-0.25, -0.2) is 0 Å². The SMILES string of the molecule is COc1ccc(C(C)(C)C)cc1CCC(C)N. The number of hydrogen-bond donors (Lipinski definition) is 1. The van der Waals surface area contributed by atoms with E-state index < -0.39 is 0 Å². The molecule has 0 aliphatic rings. The third kappa shape index (κ3) is 4.04. The van der Waals surface area contributed by atoms with Crippen molar-refractivity contribution in [1.82, 2.24) is 0 Å². The van der Waals surface area contributed by atoms with Gasteiger partial charge in [-0.05, 0) is 42.4 Å². The first-order chi connectivity index (χ1) is 7.84. The van der Waals surface area contributed by atoms with E-state index >= 15 is 0 Å². The van der Waals surface area contributed by atoms with Gasteiger partial charge in [0.2, 0.25) is 0 Å². The number of benzene rings is 1. The number of rotatable bonds is 4. The Morgan fingerprint density at radius 3 is 2.41 bits per heavy atom. The summed E-state index contributed by atoms with van der Waals surface area (Å²) in [5.41, 5.74) is 8.60. The van der Waals surface area contributed by atoms with E-state index in [-0.39, 0.29) is 11.5 Å². The van der Waals surface area contributed by atoms with Crippen LogP contribution in [0.4, 0.5) is 0 Å². The average Bonchev–Trinajstić information content (AvgIpc) is 2.24. The molecule has 0 heterocycles. The minimum absolute atomic E-state index is 0.176. The molecule has 0 aliphatic heterocycles. The Labute approximate surface area is 105 Å². The molecule has 2 nitrogen and oxygen atoms in total. The first kappa shape index (κ1) is 14.0. The summed E-state index contributed by atoms with van der Waals surface area (Å²) >= 11 is 0. The highest BCUT2D eigenvalue weighted by molar-refractivity contribution is 5.39. The minimum Gasteiger partial charge on any atom is -0.496 e. The Bertz CT molecular complexity index is 364. The summed E-state index contributed by atoms with van der Waals surface area (Å²) < 4.78 is 5.40. The topological polar surface area (TPSA) is 35.2 Å². The molecule has 0 saturated heterocycles. The summed E-state index contributed by atoms with van der Waals surface area (Å²) in [6.45, 7) is 8.72. The van der Waals surface area contributed by atoms with Crippen LogP contribution >= 0.6 is 0 Å². The third-order valence-electron chi connectivity index (χ3n) is 3.02. The molecule has 17 heavy (non-hydrogen) atoms. The van der Waals surface area contributed by atoms with Gasteiger partial charge in [-0.15, -0.1) is 0 Å². The lowest BCUT2D eigenvalue weighted by Gasteiger charge is -2.21. The summed E-state index contributed by atoms with van der Waals surface area (Å²) in [5, 5.41) is 0. The van der Waals surface area contributed by atoms with Crippen LogP contribution in [0.2, 0.25) is 0 Å². The molecule has 1 aromatic carbocycles. The van der Waals surface area contributed by atoms with Gasteiger partial charge in [-0.3, -0.25) is 0 Å². The third-order valence-corrected chi connectivity index (χ3v) is 3.02. The molecule has 1 aromatic rings. The molecule has 0 radical (unpaired) electrons. The Hall–Kier alpha value is -1.02. The average molecular weight is 235 g/mol. The predicted octanol–water partition coefficient (Wildman–Crippen LogP) is 3.27. The maximum Gasteiger partial charge on any atom is 0.122 e. The molecule has 0 fully saturated rings. The van der Waals surface area contributed by atoms with Crippen molar-refractivity contribution < 1.29 is 4.74 Å². The second kappa shape index (κ2) is 5.54. The predicted molar refractivity (Wildman–Crippen MR) is 73.7 cm³/mol. The summed E-state index contributed by atoms with van der Waals surface area (Å²) in [6, 6.07) is 6.70. The van der Waals surface area contributed by atoms with Crippen molar-refractivity contribution in [3.05, 3.63) is 29.3 Å². The van der Waals surface area contributed by atoms with E-state index in [4.69, 9.17) is 10.5 Å². The molecule has 0 aromatic heterocycles. The smallest absolute Gasteiger partial charge is 0.122 e. The molecule has 0 spiro atoms. The van der Waals surface area contributed by atoms with Gasteiger partial charge in [-0.1, -0.05) is 32.9 Å². The van der Waals surface area contributed by atoms with Crippen LogP contribution in [0.3, 0.4) is 0 Å². The molecule has 0 saturated carbocycles. The van der Waals surface area contributed by atoms with E-state index in [9.17, 15) is 0 Å². The van der Waals surface area contributed by atoms with Gasteiger partial charge in [0.1, 0.15) is 5.75 Å². The second-order valence-corrected chi connectivity index (χ2v) is 5.79. The highest BCUT2D eigenvalue weighted by atomic mass is 16.5. The van der Waals surface area contributed by atoms with Gasteiger partial charge < -0.3 is 10.5 Å². The van der Waals surface area contributed by atoms with Crippen LogP contribution in [-0.4, -0.2) is 13.2 Å². The van der Waals surface area contributed by atoms with Gasteiger partial charge in [0.05, 0.1) is 7.11 Å². The second-order valence-electron chi connectivity index (χ2n) is 5.79. The normalized spacial score (nSPS) is 13.5. The van der Waals surface area contributed by atoms with Gasteiger partial charge in [0.25, 0.3) is 0 Å². The van der Waals surface area contributed by atoms with Crippen LogP contribution in [0.25, 0.3) is 0 Å². The van der Waals surface area contributed by atoms with E-state index in [1.54, 1.807) is 7.11 Å². The molecule has 2 heteroatoms. The van der Waals surface area contributed by atoms with E-state index in [1.165, 1.54) is 11.1 Å². The Morgan fingerprint density at radius 1 is 1.29 bits per heavy atom. The van der Waals surface area contributed by atoms with Crippen molar-refractivity contribution in [3.63, 3.8) is 0 Å². The molecule has 0 aliphatic carbocycles. The zero-order valence-corrected chi connectivity index (χ0v) is 11.7. The number of aryl methyl sites for hydroxylation is 1. The van der Waals surface area contributed by atoms with E-state index in [0.29, 0.717) is 0 Å². The van der Waals surface area contributed by atoms with Crippen LogP contribution in [0.15, 0.2) is 18.2 Å². The maximum atomic E-state index is 5.81. The van der Waals surface area contributed by atoms with Crippen molar-refractivity contribution >= 4 is 0 Å². The molecule has 1 unspecified atom stereocenters. The van der Waals surface area contributed by atoms with Crippen LogP contribution in [-0.2, 0) is 11.8 Å². The molecule has 0 bridgehead atoms. The van der Waals surface area contributed by atoms with Crippen molar-refractivity contribution in [2.75, 3.05) is 7.11 Å². The van der Waals surface area contributed by atoms with Crippen molar-refractivity contribution in [1.29, 1.82) is 0 Å². The lowest BCUT2D eigenvalue weighted by Crippen LogP contribution is -2.16. The first-order valence-electron chi connectivity index (χ1n) is 6.27. The van der Waals surface area contributed by atoms with Crippen LogP contribution < -0.4 is 10.5 Å². The van der Waals surface area contributed by atoms with Gasteiger partial charge >= 0.3 is 0 Å². The van der Waals surface area contributed by atoms with Crippen LogP contribution in [0.1, 0.15) is 45.2 Å². The van der Waals surface area contributed by atoms with Crippen molar-refractivity contribution in [2.45, 2.75) is 52.0 Å². The molecule has 1 atom stereocenters. The summed E-state index contributed by atoms with van der Waals surface area (Å²) in [6.07, 6.45) is 1.97. The fourth-order valence-electron chi connectivity index (χ4n) is 1.82. The zero-order valence-electron chi connectivity index (χ0n) is 11.7. The Balaban J connectivity index is 2.98. The van der Waals surface area contributed by atoms with Gasteiger partial charge in [-0.2, -0.15) is 0 Å². The molecule has 96 valence electrons. The number of nitrogens with two attached hydrogens (primary N) is 1. The standard InChI is InChI=1S/C15H25NO/c1-11(16)6-7-12-10-13(15(2,3)4)8-9-14(12)17-5/h8-11H,6-7,16H2,1-5H3. The van der Waals surface area contributed by atoms with E-state index in [0.717, 1.165) is 18.6 Å². The molecule has 2 N–H and O–H groups in total. The summed E-state index contributed by atoms with van der Waals surface area (Å²) in [5.74, 6) is 0.971. The number of ether oxygens (including phenoxy) is 1. The largest absolute Gasteiger partial charge is 0.496 e. The maximum absolute atomic E-state index is 5.81. The Kier molecular flexibility index (Phi) is 4.58. The fourth-order valence-corrected chi connectivity index (χ4v) is 1.82. The molecule has 1 rings (SSSR count). The lowest BCUT2D eigenvalue weighted by molar-refractivity contribution is 0.407.